The summed E-state index contributed by atoms with van der Waals surface area (Å²) in [5, 5.41) is 5.38. The van der Waals surface area contributed by atoms with Crippen LogP contribution in [-0.2, 0) is 9.59 Å². The molecule has 1 heterocycles. The second-order valence-electron chi connectivity index (χ2n) is 5.97. The van der Waals surface area contributed by atoms with E-state index in [1.165, 1.54) is 0 Å². The number of imide groups is 1. The Morgan fingerprint density at radius 1 is 1.30 bits per heavy atom. The number of rotatable bonds is 5. The van der Waals surface area contributed by atoms with Gasteiger partial charge >= 0.3 is 6.03 Å². The minimum absolute atomic E-state index is 0.0610. The van der Waals surface area contributed by atoms with Crippen LogP contribution >= 0.6 is 0 Å². The van der Waals surface area contributed by atoms with E-state index >= 15 is 0 Å². The van der Waals surface area contributed by atoms with Crippen LogP contribution in [0.5, 0.6) is 0 Å². The van der Waals surface area contributed by atoms with E-state index in [0.29, 0.717) is 17.6 Å². The van der Waals surface area contributed by atoms with E-state index in [2.05, 4.69) is 10.6 Å². The highest BCUT2D eigenvalue weighted by atomic mass is 16.2. The van der Waals surface area contributed by atoms with Crippen molar-refractivity contribution in [3.8, 4) is 0 Å². The summed E-state index contributed by atoms with van der Waals surface area (Å²) in [7, 11) is 5.58. The highest BCUT2D eigenvalue weighted by molar-refractivity contribution is 6.32. The smallest absolute Gasteiger partial charge is 0.325 e. The molecule has 1 aliphatic rings. The van der Waals surface area contributed by atoms with E-state index in [9.17, 15) is 14.4 Å². The molecule has 0 aromatic heterocycles. The average molecular weight is 313 g/mol. The average Bonchev–Trinajstić information content (AvgIpc) is 2.74. The van der Waals surface area contributed by atoms with Crippen LogP contribution in [0.25, 0.3) is 0 Å². The van der Waals surface area contributed by atoms with Crippen LogP contribution in [0.1, 0.15) is 27.2 Å². The molecule has 0 spiro atoms. The molecule has 2 N–H and O–H groups in total. The van der Waals surface area contributed by atoms with E-state index in [4.69, 9.17) is 7.85 Å². The molecule has 1 unspecified atom stereocenters. The number of nitrogens with zero attached hydrogens (tertiary/aromatic N) is 1. The number of hydrogen-bond donors (Lipinski definition) is 2. The maximum Gasteiger partial charge on any atom is 0.325 e. The predicted molar refractivity (Wildman–Crippen MR) is 88.6 cm³/mol. The molecular formula is C16H20BN3O3. The van der Waals surface area contributed by atoms with Crippen molar-refractivity contribution in [1.29, 1.82) is 0 Å². The zero-order chi connectivity index (χ0) is 17.2. The molecule has 2 radical (unpaired) electrons. The van der Waals surface area contributed by atoms with Crippen LogP contribution in [0.3, 0.4) is 0 Å². The molecule has 1 aliphatic heterocycles. The molecule has 2 rings (SSSR count). The number of amides is 4. The van der Waals surface area contributed by atoms with Crippen molar-refractivity contribution in [2.24, 2.45) is 5.92 Å². The second-order valence-corrected chi connectivity index (χ2v) is 5.97. The molecule has 1 aromatic carbocycles. The first-order chi connectivity index (χ1) is 10.8. The standard InChI is InChI=1S/C16H20BN3O3/c1-4-16(10(2)3)14(22)20(15(23)19-16)9-13(21)18-12-7-5-11(17)6-8-12/h5-8,10H,4,9H2,1-3H3,(H,18,21)(H,19,23). The van der Waals surface area contributed by atoms with E-state index in [1.807, 2.05) is 20.8 Å². The highest BCUT2D eigenvalue weighted by Crippen LogP contribution is 2.29. The Labute approximate surface area is 137 Å². The van der Waals surface area contributed by atoms with Crippen molar-refractivity contribution < 1.29 is 14.4 Å². The molecule has 23 heavy (non-hydrogen) atoms. The normalized spacial score (nSPS) is 20.8. The van der Waals surface area contributed by atoms with Gasteiger partial charge in [0, 0.05) is 5.69 Å². The van der Waals surface area contributed by atoms with Gasteiger partial charge in [-0.25, -0.2) is 4.79 Å². The van der Waals surface area contributed by atoms with E-state index < -0.39 is 17.5 Å². The van der Waals surface area contributed by atoms with Gasteiger partial charge in [-0.3, -0.25) is 14.5 Å². The first-order valence-electron chi connectivity index (χ1n) is 7.59. The molecule has 1 atom stereocenters. The SMILES string of the molecule is [B]c1ccc(NC(=O)CN2C(=O)NC(CC)(C(C)C)C2=O)cc1. The Bertz CT molecular complexity index is 630. The summed E-state index contributed by atoms with van der Waals surface area (Å²) >= 11 is 0. The summed E-state index contributed by atoms with van der Waals surface area (Å²) in [6.45, 7) is 5.28. The Kier molecular flexibility index (Phi) is 4.77. The maximum atomic E-state index is 12.6. The third kappa shape index (κ3) is 3.23. The Morgan fingerprint density at radius 3 is 2.39 bits per heavy atom. The monoisotopic (exact) mass is 313 g/mol. The number of carbonyl (C=O) groups excluding carboxylic acids is 3. The van der Waals surface area contributed by atoms with Gasteiger partial charge in [0.15, 0.2) is 0 Å². The minimum atomic E-state index is -0.932. The van der Waals surface area contributed by atoms with Crippen LogP contribution < -0.4 is 16.1 Å². The number of carbonyl (C=O) groups is 3. The number of nitrogens with one attached hydrogen (secondary N) is 2. The van der Waals surface area contributed by atoms with Crippen molar-refractivity contribution in [2.45, 2.75) is 32.7 Å². The third-order valence-corrected chi connectivity index (χ3v) is 4.24. The van der Waals surface area contributed by atoms with Crippen molar-refractivity contribution in [3.63, 3.8) is 0 Å². The van der Waals surface area contributed by atoms with E-state index in [1.54, 1.807) is 24.3 Å². The van der Waals surface area contributed by atoms with Gasteiger partial charge < -0.3 is 10.6 Å². The number of benzene rings is 1. The lowest BCUT2D eigenvalue weighted by Gasteiger charge is -2.29. The lowest BCUT2D eigenvalue weighted by molar-refractivity contribution is -0.135. The van der Waals surface area contributed by atoms with E-state index in [0.717, 1.165) is 4.90 Å². The van der Waals surface area contributed by atoms with Gasteiger partial charge in [0.25, 0.3) is 5.91 Å². The van der Waals surface area contributed by atoms with Gasteiger partial charge in [-0.1, -0.05) is 38.4 Å². The number of anilines is 1. The second kappa shape index (κ2) is 6.44. The van der Waals surface area contributed by atoms with Crippen molar-refractivity contribution in [3.05, 3.63) is 24.3 Å². The fourth-order valence-corrected chi connectivity index (χ4v) is 2.74. The molecule has 0 aliphatic carbocycles. The van der Waals surface area contributed by atoms with Crippen molar-refractivity contribution >= 4 is 36.8 Å². The zero-order valence-electron chi connectivity index (χ0n) is 13.6. The lowest BCUT2D eigenvalue weighted by atomic mass is 9.84. The first kappa shape index (κ1) is 17.1. The first-order valence-corrected chi connectivity index (χ1v) is 7.59. The van der Waals surface area contributed by atoms with Crippen LogP contribution in [-0.4, -0.2) is 42.7 Å². The Morgan fingerprint density at radius 2 is 1.91 bits per heavy atom. The third-order valence-electron chi connectivity index (χ3n) is 4.24. The van der Waals surface area contributed by atoms with Crippen LogP contribution in [0, 0.1) is 5.92 Å². The summed E-state index contributed by atoms with van der Waals surface area (Å²) in [4.78, 5) is 37.7. The summed E-state index contributed by atoms with van der Waals surface area (Å²) in [6, 6.07) is 6.10. The van der Waals surface area contributed by atoms with Gasteiger partial charge in [-0.15, -0.1) is 0 Å². The summed E-state index contributed by atoms with van der Waals surface area (Å²) < 4.78 is 0. The lowest BCUT2D eigenvalue weighted by Crippen LogP contribution is -2.51. The van der Waals surface area contributed by atoms with Gasteiger partial charge in [0.2, 0.25) is 5.91 Å². The summed E-state index contributed by atoms with van der Waals surface area (Å²) in [5.41, 5.74) is 0.210. The van der Waals surface area contributed by atoms with Gasteiger partial charge in [0.05, 0.1) is 0 Å². The van der Waals surface area contributed by atoms with Crippen LogP contribution in [0.4, 0.5) is 10.5 Å². The number of hydrogen-bond acceptors (Lipinski definition) is 3. The fraction of sp³-hybridized carbons (Fsp3) is 0.438. The Hall–Kier alpha value is -2.31. The molecule has 120 valence electrons. The van der Waals surface area contributed by atoms with Crippen LogP contribution in [0.2, 0.25) is 0 Å². The topological polar surface area (TPSA) is 78.5 Å². The molecule has 1 saturated heterocycles. The largest absolute Gasteiger partial charge is 0.325 e. The molecule has 1 fully saturated rings. The molecule has 0 bridgehead atoms. The molecule has 6 nitrogen and oxygen atoms in total. The molecule has 0 saturated carbocycles. The van der Waals surface area contributed by atoms with Gasteiger partial charge in [0.1, 0.15) is 19.9 Å². The number of urea groups is 1. The minimum Gasteiger partial charge on any atom is -0.325 e. The molecule has 4 amide bonds. The van der Waals surface area contributed by atoms with Crippen molar-refractivity contribution in [2.75, 3.05) is 11.9 Å². The maximum absolute atomic E-state index is 12.6. The quantitative estimate of drug-likeness (QED) is 0.623. The summed E-state index contributed by atoms with van der Waals surface area (Å²) in [5.74, 6) is -0.851. The molecule has 7 heteroatoms. The fourth-order valence-electron chi connectivity index (χ4n) is 2.74. The predicted octanol–water partition coefficient (Wildman–Crippen LogP) is 0.775. The highest BCUT2D eigenvalue weighted by Gasteiger charge is 2.52. The van der Waals surface area contributed by atoms with Gasteiger partial charge in [-0.05, 0) is 24.5 Å². The molecular weight excluding hydrogens is 293 g/mol. The van der Waals surface area contributed by atoms with Crippen LogP contribution in [0.15, 0.2) is 24.3 Å². The Balaban J connectivity index is 2.07. The van der Waals surface area contributed by atoms with Crippen molar-refractivity contribution in [1.82, 2.24) is 10.2 Å². The molecule has 1 aromatic rings. The summed E-state index contributed by atoms with van der Waals surface area (Å²) in [6.07, 6.45) is 0.478. The zero-order valence-corrected chi connectivity index (χ0v) is 13.6. The van der Waals surface area contributed by atoms with E-state index in [-0.39, 0.29) is 18.4 Å². The van der Waals surface area contributed by atoms with Gasteiger partial charge in [-0.2, -0.15) is 0 Å².